The molecule has 19 heavy (non-hydrogen) atoms. The van der Waals surface area contributed by atoms with Crippen LogP contribution in [0, 0.1) is 0 Å². The Kier molecular flexibility index (Phi) is 7.34. The average molecular weight is 283 g/mol. The average Bonchev–Trinajstić information content (AvgIpc) is 2.41. The van der Waals surface area contributed by atoms with Gasteiger partial charge in [0.25, 0.3) is 0 Å². The van der Waals surface area contributed by atoms with E-state index in [0.717, 1.165) is 24.3 Å². The second-order valence-corrected chi connectivity index (χ2v) is 4.99. The van der Waals surface area contributed by atoms with E-state index in [0.29, 0.717) is 11.4 Å². The Balaban J connectivity index is 2.51. The number of amides is 1. The SMILES string of the molecule is CCCCCCNc1cc(NC(=O)CC)ccc1Cl. The fourth-order valence-electron chi connectivity index (χ4n) is 1.76. The number of unbranched alkanes of at least 4 members (excludes halogenated alkanes) is 3. The van der Waals surface area contributed by atoms with Gasteiger partial charge < -0.3 is 10.6 Å². The van der Waals surface area contributed by atoms with Crippen LogP contribution in [0.5, 0.6) is 0 Å². The summed E-state index contributed by atoms with van der Waals surface area (Å²) in [6, 6.07) is 5.51. The fraction of sp³-hybridized carbons (Fsp3) is 0.533. The normalized spacial score (nSPS) is 10.3. The van der Waals surface area contributed by atoms with Crippen molar-refractivity contribution in [2.45, 2.75) is 46.0 Å². The molecular formula is C15H23ClN2O. The van der Waals surface area contributed by atoms with Crippen LogP contribution in [0.3, 0.4) is 0 Å². The molecule has 3 nitrogen and oxygen atoms in total. The molecule has 0 aliphatic heterocycles. The maximum absolute atomic E-state index is 11.3. The molecule has 1 amide bonds. The lowest BCUT2D eigenvalue weighted by Gasteiger charge is -2.11. The van der Waals surface area contributed by atoms with Crippen LogP contribution >= 0.6 is 11.6 Å². The lowest BCUT2D eigenvalue weighted by Crippen LogP contribution is -2.10. The van der Waals surface area contributed by atoms with Crippen molar-refractivity contribution in [1.82, 2.24) is 0 Å². The van der Waals surface area contributed by atoms with Gasteiger partial charge in [0.05, 0.1) is 10.7 Å². The lowest BCUT2D eigenvalue weighted by molar-refractivity contribution is -0.115. The van der Waals surface area contributed by atoms with E-state index in [9.17, 15) is 4.79 Å². The molecule has 0 atom stereocenters. The van der Waals surface area contributed by atoms with Crippen LogP contribution in [0.4, 0.5) is 11.4 Å². The molecule has 0 bridgehead atoms. The minimum atomic E-state index is 0.0104. The topological polar surface area (TPSA) is 41.1 Å². The summed E-state index contributed by atoms with van der Waals surface area (Å²) in [5.41, 5.74) is 1.67. The summed E-state index contributed by atoms with van der Waals surface area (Å²) in [6.45, 7) is 4.94. The smallest absolute Gasteiger partial charge is 0.224 e. The highest BCUT2D eigenvalue weighted by Gasteiger charge is 2.04. The van der Waals surface area contributed by atoms with Crippen molar-refractivity contribution in [3.63, 3.8) is 0 Å². The Bertz CT molecular complexity index is 407. The molecule has 0 unspecified atom stereocenters. The molecule has 0 heterocycles. The van der Waals surface area contributed by atoms with Crippen molar-refractivity contribution in [1.29, 1.82) is 0 Å². The number of benzene rings is 1. The molecular weight excluding hydrogens is 260 g/mol. The van der Waals surface area contributed by atoms with Gasteiger partial charge in [-0.3, -0.25) is 4.79 Å². The predicted octanol–water partition coefficient (Wildman–Crippen LogP) is 4.68. The van der Waals surface area contributed by atoms with Crippen molar-refractivity contribution in [3.05, 3.63) is 23.2 Å². The van der Waals surface area contributed by atoms with E-state index in [2.05, 4.69) is 17.6 Å². The van der Waals surface area contributed by atoms with Crippen LogP contribution in [0.25, 0.3) is 0 Å². The zero-order valence-electron chi connectivity index (χ0n) is 11.8. The second kappa shape index (κ2) is 8.81. The Labute approximate surface area is 120 Å². The van der Waals surface area contributed by atoms with E-state index in [-0.39, 0.29) is 5.91 Å². The maximum Gasteiger partial charge on any atom is 0.224 e. The van der Waals surface area contributed by atoms with E-state index >= 15 is 0 Å². The second-order valence-electron chi connectivity index (χ2n) is 4.58. The van der Waals surface area contributed by atoms with Gasteiger partial charge in [0.1, 0.15) is 0 Å². The molecule has 0 fully saturated rings. The number of anilines is 2. The first-order valence-electron chi connectivity index (χ1n) is 7.00. The molecule has 1 aromatic rings. The molecule has 0 aliphatic rings. The quantitative estimate of drug-likeness (QED) is 0.680. The lowest BCUT2D eigenvalue weighted by atomic mass is 10.2. The van der Waals surface area contributed by atoms with E-state index < -0.39 is 0 Å². The van der Waals surface area contributed by atoms with Gasteiger partial charge in [-0.25, -0.2) is 0 Å². The van der Waals surface area contributed by atoms with Gasteiger partial charge in [-0.05, 0) is 24.6 Å². The molecule has 0 radical (unpaired) electrons. The van der Waals surface area contributed by atoms with E-state index in [1.807, 2.05) is 19.1 Å². The largest absolute Gasteiger partial charge is 0.384 e. The van der Waals surface area contributed by atoms with Crippen molar-refractivity contribution < 1.29 is 4.79 Å². The molecule has 0 aliphatic carbocycles. The third-order valence-corrected chi connectivity index (χ3v) is 3.25. The van der Waals surface area contributed by atoms with Gasteiger partial charge >= 0.3 is 0 Å². The zero-order valence-corrected chi connectivity index (χ0v) is 12.5. The number of hydrogen-bond acceptors (Lipinski definition) is 2. The predicted molar refractivity (Wildman–Crippen MR) is 83.0 cm³/mol. The third-order valence-electron chi connectivity index (χ3n) is 2.92. The Morgan fingerprint density at radius 2 is 2.00 bits per heavy atom. The van der Waals surface area contributed by atoms with Crippen molar-refractivity contribution in [2.75, 3.05) is 17.2 Å². The molecule has 4 heteroatoms. The number of rotatable bonds is 8. The van der Waals surface area contributed by atoms with Gasteiger partial charge in [-0.2, -0.15) is 0 Å². The highest BCUT2D eigenvalue weighted by atomic mass is 35.5. The molecule has 0 aromatic heterocycles. The van der Waals surface area contributed by atoms with Crippen LogP contribution < -0.4 is 10.6 Å². The molecule has 0 saturated heterocycles. The van der Waals surface area contributed by atoms with Crippen LogP contribution in [-0.2, 0) is 4.79 Å². The molecule has 1 aromatic carbocycles. The van der Waals surface area contributed by atoms with Gasteiger partial charge in [0.15, 0.2) is 0 Å². The van der Waals surface area contributed by atoms with Crippen LogP contribution in [-0.4, -0.2) is 12.5 Å². The summed E-state index contributed by atoms with van der Waals surface area (Å²) < 4.78 is 0. The summed E-state index contributed by atoms with van der Waals surface area (Å²) in [5.74, 6) is 0.0104. The first kappa shape index (κ1) is 15.8. The number of carbonyl (C=O) groups is 1. The van der Waals surface area contributed by atoms with E-state index in [1.54, 1.807) is 6.07 Å². The minimum Gasteiger partial charge on any atom is -0.384 e. The van der Waals surface area contributed by atoms with Gasteiger partial charge in [0, 0.05) is 18.7 Å². The maximum atomic E-state index is 11.3. The number of carbonyl (C=O) groups excluding carboxylic acids is 1. The highest BCUT2D eigenvalue weighted by molar-refractivity contribution is 6.33. The van der Waals surface area contributed by atoms with Crippen LogP contribution in [0.1, 0.15) is 46.0 Å². The van der Waals surface area contributed by atoms with E-state index in [4.69, 9.17) is 11.6 Å². The van der Waals surface area contributed by atoms with Crippen molar-refractivity contribution in [2.24, 2.45) is 0 Å². The summed E-state index contributed by atoms with van der Waals surface area (Å²) in [6.07, 6.45) is 5.34. The Morgan fingerprint density at radius 3 is 2.68 bits per heavy atom. The number of halogens is 1. The Hall–Kier alpha value is -1.22. The minimum absolute atomic E-state index is 0.0104. The molecule has 0 saturated carbocycles. The van der Waals surface area contributed by atoms with Crippen molar-refractivity contribution >= 4 is 28.9 Å². The van der Waals surface area contributed by atoms with Gasteiger partial charge in [0.2, 0.25) is 5.91 Å². The summed E-state index contributed by atoms with van der Waals surface area (Å²) in [4.78, 5) is 11.3. The van der Waals surface area contributed by atoms with Crippen LogP contribution in [0.2, 0.25) is 5.02 Å². The molecule has 1 rings (SSSR count). The fourth-order valence-corrected chi connectivity index (χ4v) is 1.95. The third kappa shape index (κ3) is 5.97. The first-order valence-corrected chi connectivity index (χ1v) is 7.38. The number of nitrogens with one attached hydrogen (secondary N) is 2. The van der Waals surface area contributed by atoms with Gasteiger partial charge in [-0.1, -0.05) is 44.7 Å². The zero-order chi connectivity index (χ0) is 14.1. The first-order chi connectivity index (χ1) is 9.17. The molecule has 0 spiro atoms. The van der Waals surface area contributed by atoms with E-state index in [1.165, 1.54) is 19.3 Å². The Morgan fingerprint density at radius 1 is 1.21 bits per heavy atom. The summed E-state index contributed by atoms with van der Waals surface area (Å²) in [5, 5.41) is 6.84. The summed E-state index contributed by atoms with van der Waals surface area (Å²) in [7, 11) is 0. The monoisotopic (exact) mass is 282 g/mol. The summed E-state index contributed by atoms with van der Waals surface area (Å²) >= 11 is 6.13. The number of hydrogen-bond donors (Lipinski definition) is 2. The van der Waals surface area contributed by atoms with Gasteiger partial charge in [-0.15, -0.1) is 0 Å². The highest BCUT2D eigenvalue weighted by Crippen LogP contribution is 2.25. The molecule has 106 valence electrons. The van der Waals surface area contributed by atoms with Crippen molar-refractivity contribution in [3.8, 4) is 0 Å². The molecule has 2 N–H and O–H groups in total. The standard InChI is InChI=1S/C15H23ClN2O/c1-3-5-6-7-10-17-14-11-12(8-9-13(14)16)18-15(19)4-2/h8-9,11,17H,3-7,10H2,1-2H3,(H,18,19). The van der Waals surface area contributed by atoms with Crippen LogP contribution in [0.15, 0.2) is 18.2 Å².